The van der Waals surface area contributed by atoms with E-state index in [4.69, 9.17) is 16.4 Å². The number of anilines is 1. The summed E-state index contributed by atoms with van der Waals surface area (Å²) in [5.41, 5.74) is -0.925. The average molecular weight is 269 g/mol. The fourth-order valence-electron chi connectivity index (χ4n) is 1.39. The highest BCUT2D eigenvalue weighted by Gasteiger charge is 2.33. The first-order valence-corrected chi connectivity index (χ1v) is 5.07. The molecule has 1 saturated heterocycles. The first kappa shape index (κ1) is 12.4. The predicted octanol–water partition coefficient (Wildman–Crippen LogP) is 1.87. The van der Waals surface area contributed by atoms with Gasteiger partial charge in [0.2, 0.25) is 0 Å². The largest absolute Gasteiger partial charge is 0.417 e. The number of hydroxylamine groups is 1. The zero-order chi connectivity index (χ0) is 12.6. The highest BCUT2D eigenvalue weighted by atomic mass is 35.5. The van der Waals surface area contributed by atoms with Gasteiger partial charge >= 0.3 is 6.18 Å². The van der Waals surface area contributed by atoms with Gasteiger partial charge in [-0.3, -0.25) is 4.84 Å². The van der Waals surface area contributed by atoms with Gasteiger partial charge in [0.25, 0.3) is 0 Å². The van der Waals surface area contributed by atoms with Crippen molar-refractivity contribution in [2.75, 3.05) is 18.2 Å². The molecule has 0 aliphatic carbocycles. The van der Waals surface area contributed by atoms with E-state index in [-0.39, 0.29) is 24.0 Å². The number of pyridine rings is 1. The lowest BCUT2D eigenvalue weighted by Gasteiger charge is -2.17. The van der Waals surface area contributed by atoms with Crippen molar-refractivity contribution in [3.05, 3.63) is 22.8 Å². The molecule has 0 bridgehead atoms. The molecule has 1 fully saturated rings. The number of hydrogen-bond donors (Lipinski definition) is 1. The second-order valence-corrected chi connectivity index (χ2v) is 3.95. The Balaban J connectivity index is 2.26. The maximum Gasteiger partial charge on any atom is 0.417 e. The van der Waals surface area contributed by atoms with Crippen LogP contribution in [0.25, 0.3) is 0 Å². The van der Waals surface area contributed by atoms with Gasteiger partial charge in [-0.2, -0.15) is 13.2 Å². The minimum Gasteiger partial charge on any atom is -0.389 e. The summed E-state index contributed by atoms with van der Waals surface area (Å²) in [5, 5.41) is 10.2. The summed E-state index contributed by atoms with van der Waals surface area (Å²) in [6.07, 6.45) is -4.51. The van der Waals surface area contributed by atoms with Crippen LogP contribution >= 0.6 is 11.6 Å². The summed E-state index contributed by atoms with van der Waals surface area (Å²) in [7, 11) is 0. The standard InChI is InChI=1S/C9H8ClF3N2O2/c10-7-1-5(9(11,12)13)2-14-8(7)15-3-6(16)4-17-15/h1-2,6,16H,3-4H2. The molecule has 1 aromatic heterocycles. The molecular weight excluding hydrogens is 261 g/mol. The molecule has 0 amide bonds. The smallest absolute Gasteiger partial charge is 0.389 e. The molecule has 4 nitrogen and oxygen atoms in total. The highest BCUT2D eigenvalue weighted by molar-refractivity contribution is 6.33. The van der Waals surface area contributed by atoms with Crippen LogP contribution < -0.4 is 5.06 Å². The van der Waals surface area contributed by atoms with Crippen molar-refractivity contribution in [1.82, 2.24) is 4.98 Å². The van der Waals surface area contributed by atoms with E-state index in [1.165, 1.54) is 5.06 Å². The molecule has 0 spiro atoms. The van der Waals surface area contributed by atoms with E-state index in [1.54, 1.807) is 0 Å². The van der Waals surface area contributed by atoms with Crippen molar-refractivity contribution in [1.29, 1.82) is 0 Å². The van der Waals surface area contributed by atoms with Crippen LogP contribution in [0.1, 0.15) is 5.56 Å². The number of halogens is 4. The maximum absolute atomic E-state index is 12.4. The molecule has 0 radical (unpaired) electrons. The van der Waals surface area contributed by atoms with Gasteiger partial charge in [0.1, 0.15) is 6.61 Å². The van der Waals surface area contributed by atoms with Crippen molar-refractivity contribution in [2.45, 2.75) is 12.3 Å². The van der Waals surface area contributed by atoms with E-state index in [2.05, 4.69) is 4.98 Å². The molecule has 1 atom stereocenters. The minimum absolute atomic E-state index is 0.0659. The Bertz CT molecular complexity index is 427. The molecule has 1 aliphatic heterocycles. The van der Waals surface area contributed by atoms with Gasteiger partial charge in [-0.25, -0.2) is 10.0 Å². The SMILES string of the molecule is OC1CON(c2ncc(C(F)(F)F)cc2Cl)C1. The highest BCUT2D eigenvalue weighted by Crippen LogP contribution is 2.34. The third-order valence-electron chi connectivity index (χ3n) is 2.18. The summed E-state index contributed by atoms with van der Waals surface area (Å²) in [6, 6.07) is 0.776. The van der Waals surface area contributed by atoms with Crippen LogP contribution in [0, 0.1) is 0 Å². The lowest BCUT2D eigenvalue weighted by Crippen LogP contribution is -2.21. The quantitative estimate of drug-likeness (QED) is 0.845. The first-order valence-electron chi connectivity index (χ1n) is 4.69. The molecule has 1 aromatic rings. The van der Waals surface area contributed by atoms with Crippen molar-refractivity contribution in [2.24, 2.45) is 0 Å². The zero-order valence-corrected chi connectivity index (χ0v) is 9.16. The van der Waals surface area contributed by atoms with Gasteiger partial charge in [0.05, 0.1) is 23.2 Å². The third kappa shape index (κ3) is 2.62. The summed E-state index contributed by atoms with van der Waals surface area (Å²) in [4.78, 5) is 8.61. The summed E-state index contributed by atoms with van der Waals surface area (Å²) >= 11 is 5.70. The van der Waals surface area contributed by atoms with Crippen LogP contribution in [-0.4, -0.2) is 29.3 Å². The van der Waals surface area contributed by atoms with E-state index in [0.29, 0.717) is 6.20 Å². The Hall–Kier alpha value is -1.05. The predicted molar refractivity (Wildman–Crippen MR) is 53.6 cm³/mol. The second kappa shape index (κ2) is 4.32. The van der Waals surface area contributed by atoms with Crippen LogP contribution in [-0.2, 0) is 11.0 Å². The monoisotopic (exact) mass is 268 g/mol. The molecule has 1 N–H and O–H groups in total. The minimum atomic E-state index is -4.49. The molecule has 94 valence electrons. The van der Waals surface area contributed by atoms with Gasteiger partial charge in [0.15, 0.2) is 5.82 Å². The van der Waals surface area contributed by atoms with Gasteiger partial charge in [-0.15, -0.1) is 0 Å². The molecular formula is C9H8ClF3N2O2. The third-order valence-corrected chi connectivity index (χ3v) is 2.46. The fourth-order valence-corrected chi connectivity index (χ4v) is 1.65. The number of aliphatic hydroxyl groups is 1. The van der Waals surface area contributed by atoms with Crippen LogP contribution in [0.2, 0.25) is 5.02 Å². The normalized spacial score (nSPS) is 21.0. The number of aliphatic hydroxyl groups excluding tert-OH is 1. The Morgan fingerprint density at radius 3 is 2.71 bits per heavy atom. The lowest BCUT2D eigenvalue weighted by atomic mass is 10.2. The molecule has 1 unspecified atom stereocenters. The Morgan fingerprint density at radius 2 is 2.24 bits per heavy atom. The number of β-amino-alcohol motifs (C(OH)–C–C–N with tert-alkyl or cyclic N) is 1. The van der Waals surface area contributed by atoms with E-state index in [9.17, 15) is 18.3 Å². The van der Waals surface area contributed by atoms with E-state index >= 15 is 0 Å². The fraction of sp³-hybridized carbons (Fsp3) is 0.444. The van der Waals surface area contributed by atoms with Gasteiger partial charge in [0, 0.05) is 6.20 Å². The van der Waals surface area contributed by atoms with E-state index < -0.39 is 17.8 Å². The summed E-state index contributed by atoms with van der Waals surface area (Å²) < 4.78 is 37.1. The van der Waals surface area contributed by atoms with Crippen molar-refractivity contribution < 1.29 is 23.1 Å². The Labute approximate surface area is 99.5 Å². The molecule has 17 heavy (non-hydrogen) atoms. The first-order chi connectivity index (χ1) is 7.88. The van der Waals surface area contributed by atoms with Crippen molar-refractivity contribution in [3.63, 3.8) is 0 Å². The van der Waals surface area contributed by atoms with E-state index in [1.807, 2.05) is 0 Å². The zero-order valence-electron chi connectivity index (χ0n) is 8.41. The topological polar surface area (TPSA) is 45.6 Å². The number of hydrogen-bond acceptors (Lipinski definition) is 4. The maximum atomic E-state index is 12.4. The van der Waals surface area contributed by atoms with Crippen LogP contribution in [0.15, 0.2) is 12.3 Å². The van der Waals surface area contributed by atoms with Gasteiger partial charge in [-0.1, -0.05) is 11.6 Å². The lowest BCUT2D eigenvalue weighted by molar-refractivity contribution is -0.137. The number of rotatable bonds is 1. The molecule has 2 heterocycles. The number of aromatic nitrogens is 1. The molecule has 0 saturated carbocycles. The van der Waals surface area contributed by atoms with Gasteiger partial charge < -0.3 is 5.11 Å². The number of nitrogens with zero attached hydrogens (tertiary/aromatic N) is 2. The molecule has 0 aromatic carbocycles. The van der Waals surface area contributed by atoms with Crippen molar-refractivity contribution in [3.8, 4) is 0 Å². The molecule has 8 heteroatoms. The summed E-state index contributed by atoms with van der Waals surface area (Å²) in [5.74, 6) is 0.0659. The second-order valence-electron chi connectivity index (χ2n) is 3.54. The van der Waals surface area contributed by atoms with E-state index in [0.717, 1.165) is 6.07 Å². The van der Waals surface area contributed by atoms with Crippen LogP contribution in [0.4, 0.5) is 19.0 Å². The van der Waals surface area contributed by atoms with Crippen LogP contribution in [0.5, 0.6) is 0 Å². The average Bonchev–Trinajstić information content (AvgIpc) is 2.63. The van der Waals surface area contributed by atoms with Gasteiger partial charge in [-0.05, 0) is 6.07 Å². The Kier molecular flexibility index (Phi) is 3.15. The molecule has 2 rings (SSSR count). The summed E-state index contributed by atoms with van der Waals surface area (Å²) in [6.45, 7) is 0.192. The van der Waals surface area contributed by atoms with Crippen LogP contribution in [0.3, 0.4) is 0 Å². The number of alkyl halides is 3. The Morgan fingerprint density at radius 1 is 1.53 bits per heavy atom. The van der Waals surface area contributed by atoms with Crippen molar-refractivity contribution >= 4 is 17.4 Å². The molecule has 1 aliphatic rings.